The Morgan fingerprint density at radius 2 is 1.81 bits per heavy atom. The van der Waals surface area contributed by atoms with Crippen LogP contribution in [0.15, 0.2) is 61.1 Å². The lowest BCUT2D eigenvalue weighted by molar-refractivity contribution is -0.131. The molecule has 3 heterocycles. The minimum Gasteiger partial charge on any atom is -0.346 e. The topological polar surface area (TPSA) is 82.0 Å². The summed E-state index contributed by atoms with van der Waals surface area (Å²) in [6, 6.07) is 14.4. The molecule has 1 aromatic carbocycles. The highest BCUT2D eigenvalue weighted by Gasteiger charge is 2.48. The van der Waals surface area contributed by atoms with E-state index in [-0.39, 0.29) is 11.9 Å². The van der Waals surface area contributed by atoms with Crippen LogP contribution in [0.5, 0.6) is 0 Å². The van der Waals surface area contributed by atoms with Gasteiger partial charge in [0.15, 0.2) is 5.96 Å². The number of rotatable bonds is 4. The third kappa shape index (κ3) is 3.45. The number of carbonyl (C=O) groups is 1. The Morgan fingerprint density at radius 1 is 1.09 bits per heavy atom. The minimum atomic E-state index is -0.795. The van der Waals surface area contributed by atoms with Crippen LogP contribution in [0.1, 0.15) is 53.9 Å². The predicted molar refractivity (Wildman–Crippen MR) is 124 cm³/mol. The maximum atomic E-state index is 13.5. The van der Waals surface area contributed by atoms with Gasteiger partial charge in [0.1, 0.15) is 0 Å². The standard InChI is InChI=1S/C26H27N5O/c1-16-12-20(15-28-14-16)22-13-21(10-11-29-22)26(2)23(24(32)31(3)25(27)30-26)19-8-6-18(7-9-19)17-4-5-17/h6-15,17,23H,4-5H2,1-3H3,(H2,27,30)/t23-,26+/m0/s1. The molecule has 1 saturated carbocycles. The predicted octanol–water partition coefficient (Wildman–Crippen LogP) is 4.32. The highest BCUT2D eigenvalue weighted by Crippen LogP contribution is 2.43. The molecule has 32 heavy (non-hydrogen) atoms. The van der Waals surface area contributed by atoms with E-state index in [9.17, 15) is 4.79 Å². The number of guanidine groups is 1. The van der Waals surface area contributed by atoms with Gasteiger partial charge in [-0.1, -0.05) is 24.3 Å². The molecule has 0 spiro atoms. The molecule has 2 atom stereocenters. The summed E-state index contributed by atoms with van der Waals surface area (Å²) in [5, 5.41) is 11.7. The van der Waals surface area contributed by atoms with Gasteiger partial charge in [-0.05, 0) is 73.1 Å². The number of likely N-dealkylation sites (N-methyl/N-ethyl adjacent to an activating group) is 1. The number of aryl methyl sites for hydroxylation is 1. The zero-order chi connectivity index (χ0) is 22.5. The van der Waals surface area contributed by atoms with Crippen LogP contribution in [0.3, 0.4) is 0 Å². The summed E-state index contributed by atoms with van der Waals surface area (Å²) in [6.45, 7) is 4.00. The van der Waals surface area contributed by atoms with E-state index in [0.717, 1.165) is 27.9 Å². The number of carbonyl (C=O) groups excluding carboxylic acids is 1. The molecule has 1 saturated heterocycles. The zero-order valence-electron chi connectivity index (χ0n) is 18.6. The van der Waals surface area contributed by atoms with Gasteiger partial charge in [-0.25, -0.2) is 0 Å². The first-order chi connectivity index (χ1) is 15.4. The highest BCUT2D eigenvalue weighted by atomic mass is 16.2. The fraction of sp³-hybridized carbons (Fsp3) is 0.308. The van der Waals surface area contributed by atoms with Gasteiger partial charge < -0.3 is 5.32 Å². The lowest BCUT2D eigenvalue weighted by atomic mass is 9.73. The number of amides is 1. The van der Waals surface area contributed by atoms with E-state index in [2.05, 4.69) is 39.6 Å². The Balaban J connectivity index is 1.59. The van der Waals surface area contributed by atoms with Gasteiger partial charge >= 0.3 is 0 Å². The maximum absolute atomic E-state index is 13.5. The molecule has 5 rings (SSSR count). The molecule has 1 aliphatic heterocycles. The van der Waals surface area contributed by atoms with Gasteiger partial charge in [-0.3, -0.25) is 25.1 Å². The number of hydrogen-bond donors (Lipinski definition) is 2. The van der Waals surface area contributed by atoms with Crippen molar-refractivity contribution in [2.75, 3.05) is 7.05 Å². The number of nitrogens with one attached hydrogen (secondary N) is 2. The first-order valence-electron chi connectivity index (χ1n) is 11.0. The quantitative estimate of drug-likeness (QED) is 0.652. The number of benzene rings is 1. The van der Waals surface area contributed by atoms with Crippen molar-refractivity contribution in [2.24, 2.45) is 0 Å². The smallest absolute Gasteiger partial charge is 0.239 e. The van der Waals surface area contributed by atoms with E-state index < -0.39 is 11.5 Å². The lowest BCUT2D eigenvalue weighted by Crippen LogP contribution is -2.62. The van der Waals surface area contributed by atoms with Crippen molar-refractivity contribution < 1.29 is 4.79 Å². The second-order valence-electron chi connectivity index (χ2n) is 9.13. The van der Waals surface area contributed by atoms with Crippen LogP contribution in [0.4, 0.5) is 0 Å². The number of aromatic nitrogens is 2. The molecule has 0 unspecified atom stereocenters. The van der Waals surface area contributed by atoms with Gasteiger partial charge in [0.05, 0.1) is 17.2 Å². The number of nitrogens with zero attached hydrogens (tertiary/aromatic N) is 3. The summed E-state index contributed by atoms with van der Waals surface area (Å²) in [7, 11) is 1.65. The van der Waals surface area contributed by atoms with Crippen LogP contribution in [0.25, 0.3) is 11.3 Å². The van der Waals surface area contributed by atoms with Crippen LogP contribution < -0.4 is 5.32 Å². The molecular formula is C26H27N5O. The van der Waals surface area contributed by atoms with Crippen LogP contribution >= 0.6 is 0 Å². The van der Waals surface area contributed by atoms with Gasteiger partial charge in [-0.15, -0.1) is 0 Å². The molecule has 0 radical (unpaired) electrons. The third-order valence-electron chi connectivity index (χ3n) is 6.72. The van der Waals surface area contributed by atoms with Crippen molar-refractivity contribution in [3.05, 3.63) is 83.3 Å². The van der Waals surface area contributed by atoms with Crippen molar-refractivity contribution >= 4 is 11.9 Å². The Morgan fingerprint density at radius 3 is 2.50 bits per heavy atom. The van der Waals surface area contributed by atoms with Gasteiger partial charge in [0.2, 0.25) is 5.91 Å². The summed E-state index contributed by atoms with van der Waals surface area (Å²) in [6.07, 6.45) is 7.86. The van der Waals surface area contributed by atoms with Gasteiger partial charge in [0, 0.05) is 31.2 Å². The van der Waals surface area contributed by atoms with E-state index in [0.29, 0.717) is 5.92 Å². The van der Waals surface area contributed by atoms with Crippen LogP contribution in [-0.2, 0) is 10.3 Å². The minimum absolute atomic E-state index is 0.0917. The van der Waals surface area contributed by atoms with Crippen LogP contribution in [0.2, 0.25) is 0 Å². The second-order valence-corrected chi connectivity index (χ2v) is 9.13. The molecule has 162 valence electrons. The fourth-order valence-electron chi connectivity index (χ4n) is 4.65. The molecule has 2 fully saturated rings. The van der Waals surface area contributed by atoms with Crippen molar-refractivity contribution in [3.8, 4) is 11.3 Å². The molecular weight excluding hydrogens is 398 g/mol. The summed E-state index contributed by atoms with van der Waals surface area (Å²) < 4.78 is 0. The van der Waals surface area contributed by atoms with Crippen molar-refractivity contribution in [1.82, 2.24) is 20.2 Å². The summed E-state index contributed by atoms with van der Waals surface area (Å²) >= 11 is 0. The second kappa shape index (κ2) is 7.55. The molecule has 2 aromatic heterocycles. The average molecular weight is 426 g/mol. The summed E-state index contributed by atoms with van der Waals surface area (Å²) in [5.74, 6) is 0.197. The molecule has 1 aliphatic carbocycles. The fourth-order valence-corrected chi connectivity index (χ4v) is 4.65. The average Bonchev–Trinajstić information content (AvgIpc) is 3.64. The van der Waals surface area contributed by atoms with E-state index in [1.807, 2.05) is 38.2 Å². The zero-order valence-corrected chi connectivity index (χ0v) is 18.6. The molecule has 2 aliphatic rings. The molecule has 6 nitrogen and oxygen atoms in total. The molecule has 0 bridgehead atoms. The normalized spacial score (nSPS) is 23.2. The van der Waals surface area contributed by atoms with Crippen LogP contribution in [0, 0.1) is 12.3 Å². The molecule has 2 N–H and O–H groups in total. The molecule has 3 aromatic rings. The lowest BCUT2D eigenvalue weighted by Gasteiger charge is -2.46. The Kier molecular flexibility index (Phi) is 4.81. The van der Waals surface area contributed by atoms with E-state index in [4.69, 9.17) is 5.41 Å². The first kappa shape index (κ1) is 20.4. The monoisotopic (exact) mass is 425 g/mol. The van der Waals surface area contributed by atoms with Crippen molar-refractivity contribution in [1.29, 1.82) is 5.41 Å². The first-order valence-corrected chi connectivity index (χ1v) is 11.0. The molecule has 6 heteroatoms. The van der Waals surface area contributed by atoms with E-state index in [1.54, 1.807) is 19.4 Å². The number of pyridine rings is 2. The summed E-state index contributed by atoms with van der Waals surface area (Å²) in [4.78, 5) is 23.7. The molecule has 1 amide bonds. The largest absolute Gasteiger partial charge is 0.346 e. The maximum Gasteiger partial charge on any atom is 0.239 e. The summed E-state index contributed by atoms with van der Waals surface area (Å²) in [5.41, 5.74) is 5.18. The Bertz CT molecular complexity index is 1200. The Hall–Kier alpha value is -3.54. The van der Waals surface area contributed by atoms with E-state index in [1.165, 1.54) is 23.3 Å². The van der Waals surface area contributed by atoms with Gasteiger partial charge in [-0.2, -0.15) is 0 Å². The van der Waals surface area contributed by atoms with Crippen molar-refractivity contribution in [3.63, 3.8) is 0 Å². The van der Waals surface area contributed by atoms with Crippen molar-refractivity contribution in [2.45, 2.75) is 44.1 Å². The van der Waals surface area contributed by atoms with Gasteiger partial charge in [0.25, 0.3) is 0 Å². The highest BCUT2D eigenvalue weighted by molar-refractivity contribution is 6.02. The Labute approximate surface area is 188 Å². The van der Waals surface area contributed by atoms with Crippen LogP contribution in [-0.4, -0.2) is 33.8 Å². The third-order valence-corrected chi connectivity index (χ3v) is 6.72. The SMILES string of the molecule is Cc1cncc(-c2cc([C@@]3(C)NC(=N)N(C)C(=O)[C@@H]3c3ccc(C4CC4)cc3)ccn2)c1. The number of hydrogen-bond acceptors (Lipinski definition) is 4. The van der Waals surface area contributed by atoms with E-state index >= 15 is 0 Å².